The summed E-state index contributed by atoms with van der Waals surface area (Å²) in [5, 5.41) is 0. The summed E-state index contributed by atoms with van der Waals surface area (Å²) in [6, 6.07) is 45.4. The third-order valence-corrected chi connectivity index (χ3v) is 13.4. The highest BCUT2D eigenvalue weighted by Gasteiger charge is 2.39. The Morgan fingerprint density at radius 3 is 1.95 bits per heavy atom. The Labute approximate surface area is 396 Å². The first kappa shape index (κ1) is 50.3. The lowest BCUT2D eigenvalue weighted by atomic mass is 9.73. The van der Waals surface area contributed by atoms with E-state index in [0.717, 1.165) is 32.1 Å². The van der Waals surface area contributed by atoms with Crippen LogP contribution < -0.4 is 0 Å². The lowest BCUT2D eigenvalue weighted by Gasteiger charge is -2.30. The number of rotatable bonds is 11. The first-order valence-corrected chi connectivity index (χ1v) is 24.8. The molecule has 0 aromatic heterocycles. The van der Waals surface area contributed by atoms with Crippen molar-refractivity contribution in [3.8, 4) is 11.1 Å². The van der Waals surface area contributed by atoms with Crippen LogP contribution in [0.2, 0.25) is 0 Å². The van der Waals surface area contributed by atoms with Gasteiger partial charge in [0.15, 0.2) is 0 Å². The second-order valence-corrected chi connectivity index (χ2v) is 17.9. The maximum atomic E-state index is 4.21. The molecule has 0 heterocycles. The van der Waals surface area contributed by atoms with Gasteiger partial charge in [-0.25, -0.2) is 0 Å². The van der Waals surface area contributed by atoms with E-state index < -0.39 is 0 Å². The van der Waals surface area contributed by atoms with Crippen LogP contribution in [0.25, 0.3) is 22.8 Å². The Bertz CT molecular complexity index is 2610. The number of hydrogen-bond donors (Lipinski definition) is 0. The highest BCUT2D eigenvalue weighted by Crippen LogP contribution is 2.54. The molecule has 0 saturated heterocycles. The predicted octanol–water partition coefficient (Wildman–Crippen LogP) is 19.0. The van der Waals surface area contributed by atoms with Crippen molar-refractivity contribution in [1.29, 1.82) is 0 Å². The van der Waals surface area contributed by atoms with Crippen molar-refractivity contribution in [3.05, 3.63) is 236 Å². The molecule has 0 heteroatoms. The SMILES string of the molecule is C=C/C(CCC)=C(\C=C/C)c1cccc(C(c2ccccc2)c2cc3c(c4c2CCC=C4)-c2ccc(C)cc2C3(C)C)c1C.CC.CC.CCC(c1ccccc1)c1ccc(C)cc1C. The van der Waals surface area contributed by atoms with Crippen molar-refractivity contribution >= 4 is 11.6 Å². The van der Waals surface area contributed by atoms with Gasteiger partial charge in [0.25, 0.3) is 0 Å². The second-order valence-electron chi connectivity index (χ2n) is 17.9. The molecule has 0 spiro atoms. The molecule has 0 fully saturated rings. The Balaban J connectivity index is 0.000000315. The molecule has 0 bridgehead atoms. The molecule has 2 aliphatic carbocycles. The van der Waals surface area contributed by atoms with Crippen molar-refractivity contribution in [2.45, 2.75) is 139 Å². The Morgan fingerprint density at radius 1 is 0.692 bits per heavy atom. The van der Waals surface area contributed by atoms with Crippen LogP contribution in [0.1, 0.15) is 178 Å². The van der Waals surface area contributed by atoms with Crippen molar-refractivity contribution in [2.24, 2.45) is 0 Å². The number of hydrogen-bond acceptors (Lipinski definition) is 0. The molecule has 2 unspecified atom stereocenters. The number of aryl methyl sites for hydroxylation is 3. The molecular formula is C65H78. The molecule has 338 valence electrons. The maximum Gasteiger partial charge on any atom is 0.0345 e. The molecule has 6 aromatic carbocycles. The normalized spacial score (nSPS) is 14.2. The number of allylic oxidation sites excluding steroid dienone is 6. The van der Waals surface area contributed by atoms with Crippen molar-refractivity contribution in [1.82, 2.24) is 0 Å². The Hall–Kier alpha value is -5.72. The summed E-state index contributed by atoms with van der Waals surface area (Å²) in [7, 11) is 0. The van der Waals surface area contributed by atoms with Gasteiger partial charge < -0.3 is 0 Å². The van der Waals surface area contributed by atoms with Gasteiger partial charge in [-0.05, 0) is 149 Å². The third-order valence-electron chi connectivity index (χ3n) is 13.4. The number of fused-ring (bicyclic) bond motifs is 5. The van der Waals surface area contributed by atoms with Crippen LogP contribution in [0.4, 0.5) is 0 Å². The van der Waals surface area contributed by atoms with Crippen molar-refractivity contribution in [3.63, 3.8) is 0 Å². The molecule has 0 radical (unpaired) electrons. The van der Waals surface area contributed by atoms with Gasteiger partial charge in [0.05, 0.1) is 0 Å². The lowest BCUT2D eigenvalue weighted by Crippen LogP contribution is -2.18. The van der Waals surface area contributed by atoms with E-state index in [4.69, 9.17) is 0 Å². The summed E-state index contributed by atoms with van der Waals surface area (Å²) in [6.07, 6.45) is 16.7. The van der Waals surface area contributed by atoms with Crippen LogP contribution in [0.15, 0.2) is 158 Å². The fourth-order valence-corrected chi connectivity index (χ4v) is 10.4. The van der Waals surface area contributed by atoms with E-state index in [1.165, 1.54) is 100 Å². The van der Waals surface area contributed by atoms with Crippen LogP contribution in [-0.2, 0) is 11.8 Å². The molecule has 2 atom stereocenters. The van der Waals surface area contributed by atoms with Crippen LogP contribution in [0.5, 0.6) is 0 Å². The smallest absolute Gasteiger partial charge is 0.0345 e. The first-order chi connectivity index (χ1) is 31.5. The van der Waals surface area contributed by atoms with Gasteiger partial charge >= 0.3 is 0 Å². The van der Waals surface area contributed by atoms with E-state index in [1.54, 1.807) is 0 Å². The topological polar surface area (TPSA) is 0 Å². The van der Waals surface area contributed by atoms with Gasteiger partial charge in [0.2, 0.25) is 0 Å². The largest absolute Gasteiger partial charge is 0.0988 e. The fourth-order valence-electron chi connectivity index (χ4n) is 10.4. The molecule has 0 saturated carbocycles. The summed E-state index contributed by atoms with van der Waals surface area (Å²) in [6.45, 7) is 32.6. The predicted molar refractivity (Wildman–Crippen MR) is 289 cm³/mol. The molecule has 65 heavy (non-hydrogen) atoms. The summed E-state index contributed by atoms with van der Waals surface area (Å²) in [4.78, 5) is 0. The van der Waals surface area contributed by atoms with E-state index in [-0.39, 0.29) is 11.3 Å². The van der Waals surface area contributed by atoms with Gasteiger partial charge in [-0.2, -0.15) is 0 Å². The van der Waals surface area contributed by atoms with Gasteiger partial charge in [-0.1, -0.05) is 231 Å². The minimum absolute atomic E-state index is 0.0648. The summed E-state index contributed by atoms with van der Waals surface area (Å²) < 4.78 is 0. The molecule has 8 rings (SSSR count). The molecule has 0 N–H and O–H groups in total. The van der Waals surface area contributed by atoms with Crippen LogP contribution in [0.3, 0.4) is 0 Å². The molecular weight excluding hydrogens is 781 g/mol. The highest BCUT2D eigenvalue weighted by molar-refractivity contribution is 5.90. The molecule has 0 aliphatic heterocycles. The minimum atomic E-state index is -0.0648. The van der Waals surface area contributed by atoms with E-state index in [9.17, 15) is 0 Å². The standard InChI is InChI=1S/C44H46.C17H20.2C2H6/c1-8-17-31(10-3)35(18-9-2)33-23-16-24-34(30(33)5)42(32-19-12-11-13-20-32)39-28-41-43(37-22-15-14-21-36(37)39)38-26-25-29(4)27-40(38)44(41,6)7;1-4-16(15-8-6-5-7-9-15)17-11-10-13(2)12-14(17)3;2*1-2/h9-13,15-16,18-20,22-28,42H,3,8,14,17,21H2,1-2,4-7H3;5-12,16H,4H2,1-3H3;2*1-2H3/b18-9-,35-31-;;;. The van der Waals surface area contributed by atoms with Crippen molar-refractivity contribution < 1.29 is 0 Å². The third kappa shape index (κ3) is 10.7. The lowest BCUT2D eigenvalue weighted by molar-refractivity contribution is 0.657. The average molecular weight is 859 g/mol. The van der Waals surface area contributed by atoms with E-state index in [0.29, 0.717) is 5.92 Å². The summed E-state index contributed by atoms with van der Waals surface area (Å²) in [5.74, 6) is 0.657. The zero-order valence-corrected chi connectivity index (χ0v) is 42.3. The van der Waals surface area contributed by atoms with Crippen molar-refractivity contribution in [2.75, 3.05) is 0 Å². The van der Waals surface area contributed by atoms with Gasteiger partial charge in [-0.3, -0.25) is 0 Å². The quantitative estimate of drug-likeness (QED) is 0.0899. The van der Waals surface area contributed by atoms with E-state index in [2.05, 4.69) is 221 Å². The fraction of sp³-hybridized carbons (Fsp3) is 0.323. The van der Waals surface area contributed by atoms with Gasteiger partial charge in [0.1, 0.15) is 0 Å². The van der Waals surface area contributed by atoms with E-state index in [1.807, 2.05) is 27.7 Å². The summed E-state index contributed by atoms with van der Waals surface area (Å²) >= 11 is 0. The Morgan fingerprint density at radius 2 is 1.34 bits per heavy atom. The van der Waals surface area contributed by atoms with Crippen LogP contribution in [0, 0.1) is 27.7 Å². The van der Waals surface area contributed by atoms with Crippen LogP contribution >= 0.6 is 0 Å². The molecule has 2 aliphatic rings. The maximum absolute atomic E-state index is 4.21. The zero-order valence-electron chi connectivity index (χ0n) is 42.3. The second kappa shape index (κ2) is 23.5. The zero-order chi connectivity index (χ0) is 47.3. The molecule has 0 nitrogen and oxygen atoms in total. The average Bonchev–Trinajstić information content (AvgIpc) is 3.56. The highest BCUT2D eigenvalue weighted by atomic mass is 14.4. The number of benzene rings is 6. The van der Waals surface area contributed by atoms with Gasteiger partial charge in [0, 0.05) is 17.3 Å². The monoisotopic (exact) mass is 859 g/mol. The minimum Gasteiger partial charge on any atom is -0.0988 e. The summed E-state index contributed by atoms with van der Waals surface area (Å²) in [5.41, 5.74) is 25.1. The van der Waals surface area contributed by atoms with Crippen LogP contribution in [-0.4, -0.2) is 0 Å². The van der Waals surface area contributed by atoms with Gasteiger partial charge in [-0.15, -0.1) is 0 Å². The molecule has 6 aromatic rings. The molecule has 0 amide bonds. The first-order valence-electron chi connectivity index (χ1n) is 24.8. The van der Waals surface area contributed by atoms with E-state index >= 15 is 0 Å². The Kier molecular flexibility index (Phi) is 18.1.